The van der Waals surface area contributed by atoms with Crippen molar-refractivity contribution in [3.05, 3.63) is 11.3 Å². The van der Waals surface area contributed by atoms with Crippen LogP contribution in [0.25, 0.3) is 0 Å². The molecule has 184 valence electrons. The maximum absolute atomic E-state index is 13.1. The third kappa shape index (κ3) is 4.85. The molecule has 34 heavy (non-hydrogen) atoms. The Morgan fingerprint density at radius 1 is 1.41 bits per heavy atom. The fourth-order valence-corrected chi connectivity index (χ4v) is 5.91. The Kier molecular flexibility index (Phi) is 7.78. The van der Waals surface area contributed by atoms with E-state index in [0.29, 0.717) is 10.7 Å². The molecule has 2 unspecified atom stereocenters. The number of nitrogens with two attached hydrogens (primary N) is 1. The number of aromatic nitrogens is 4. The van der Waals surface area contributed by atoms with Gasteiger partial charge in [-0.15, -0.1) is 16.9 Å². The molecule has 0 aromatic carbocycles. The van der Waals surface area contributed by atoms with Crippen LogP contribution in [0.15, 0.2) is 16.4 Å². The number of thioether (sulfide) groups is 2. The first-order valence-electron chi connectivity index (χ1n) is 9.88. The highest BCUT2D eigenvalue weighted by Gasteiger charge is 2.65. The summed E-state index contributed by atoms with van der Waals surface area (Å²) in [6.07, 6.45) is 0.310. The van der Waals surface area contributed by atoms with Gasteiger partial charge in [0.15, 0.2) is 0 Å². The van der Waals surface area contributed by atoms with Gasteiger partial charge in [0, 0.05) is 25.0 Å². The third-order valence-electron chi connectivity index (χ3n) is 5.17. The molecule has 1 aromatic rings. The van der Waals surface area contributed by atoms with Gasteiger partial charge in [-0.2, -0.15) is 0 Å². The molecule has 1 saturated heterocycles. The topological polar surface area (TPSA) is 223 Å². The molecule has 3 heterocycles. The maximum atomic E-state index is 13.1. The summed E-state index contributed by atoms with van der Waals surface area (Å²) >= 11 is 2.39. The van der Waals surface area contributed by atoms with Crippen molar-refractivity contribution in [2.24, 2.45) is 12.8 Å². The summed E-state index contributed by atoms with van der Waals surface area (Å²) in [6, 6.07) is -1.12. The van der Waals surface area contributed by atoms with E-state index in [4.69, 9.17) is 10.8 Å². The van der Waals surface area contributed by atoms with Crippen molar-refractivity contribution in [3.8, 4) is 0 Å². The molecule has 1 fully saturated rings. The first-order chi connectivity index (χ1) is 16.1. The Morgan fingerprint density at radius 3 is 2.74 bits per heavy atom. The number of carbonyl (C=O) groups excluding carboxylic acids is 3. The minimum Gasteiger partial charge on any atom is -0.480 e. The monoisotopic (exact) mass is 514 g/mol. The van der Waals surface area contributed by atoms with Crippen molar-refractivity contribution >= 4 is 53.7 Å². The SMILES string of the molecule is Cn1nnnc1SCC1=C(C(=O)O)N2C(=O)C(NC=O)(NC(=O)CCCC(N)C(=O)O)[C@@H]2SC1. The number of amides is 3. The van der Waals surface area contributed by atoms with E-state index in [1.165, 1.54) is 28.2 Å². The molecule has 3 rings (SSSR count). The summed E-state index contributed by atoms with van der Waals surface area (Å²) < 4.78 is 1.43. The van der Waals surface area contributed by atoms with E-state index >= 15 is 0 Å². The average Bonchev–Trinajstić information content (AvgIpc) is 3.20. The van der Waals surface area contributed by atoms with Gasteiger partial charge in [-0.1, -0.05) is 11.8 Å². The van der Waals surface area contributed by atoms with E-state index in [0.717, 1.165) is 4.90 Å². The molecule has 0 radical (unpaired) electrons. The maximum Gasteiger partial charge on any atom is 0.352 e. The van der Waals surface area contributed by atoms with Crippen LogP contribution >= 0.6 is 23.5 Å². The normalized spacial score (nSPS) is 22.5. The summed E-state index contributed by atoms with van der Waals surface area (Å²) in [5.41, 5.74) is 3.84. The number of aliphatic carboxylic acids is 2. The van der Waals surface area contributed by atoms with Gasteiger partial charge >= 0.3 is 11.9 Å². The first-order valence-corrected chi connectivity index (χ1v) is 11.9. The highest BCUT2D eigenvalue weighted by Crippen LogP contribution is 2.45. The Hall–Kier alpha value is -3.18. The minimum atomic E-state index is -1.81. The molecule has 0 aliphatic carbocycles. The number of nitrogens with zero attached hydrogens (tertiary/aromatic N) is 5. The number of rotatable bonds is 12. The smallest absolute Gasteiger partial charge is 0.352 e. The molecule has 3 amide bonds. The number of aryl methyl sites for hydroxylation is 1. The second-order valence-corrected chi connectivity index (χ2v) is 9.44. The van der Waals surface area contributed by atoms with Crippen LogP contribution in [0.5, 0.6) is 0 Å². The molecule has 17 heteroatoms. The van der Waals surface area contributed by atoms with Crippen LogP contribution in [0.4, 0.5) is 0 Å². The molecule has 2 aliphatic heterocycles. The Bertz CT molecular complexity index is 1050. The number of tetrazole rings is 1. The summed E-state index contributed by atoms with van der Waals surface area (Å²) in [4.78, 5) is 60.7. The third-order valence-corrected chi connectivity index (χ3v) is 7.66. The molecule has 0 bridgehead atoms. The Morgan fingerprint density at radius 2 is 2.15 bits per heavy atom. The van der Waals surface area contributed by atoms with Gasteiger partial charge in [-0.3, -0.25) is 24.1 Å². The van der Waals surface area contributed by atoms with Gasteiger partial charge in [0.05, 0.1) is 0 Å². The van der Waals surface area contributed by atoms with Crippen LogP contribution in [0, 0.1) is 0 Å². The molecule has 6 N–H and O–H groups in total. The van der Waals surface area contributed by atoms with Crippen molar-refractivity contribution in [1.29, 1.82) is 0 Å². The van der Waals surface area contributed by atoms with E-state index < -0.39 is 40.8 Å². The first kappa shape index (κ1) is 25.4. The van der Waals surface area contributed by atoms with Gasteiger partial charge < -0.3 is 26.6 Å². The second-order valence-electron chi connectivity index (χ2n) is 7.42. The van der Waals surface area contributed by atoms with Crippen LogP contribution in [-0.2, 0) is 31.0 Å². The molecular formula is C17H22N8O7S2. The lowest BCUT2D eigenvalue weighted by Gasteiger charge is -2.56. The summed E-state index contributed by atoms with van der Waals surface area (Å²) in [6.45, 7) is 0. The highest BCUT2D eigenvalue weighted by atomic mass is 32.2. The van der Waals surface area contributed by atoms with Gasteiger partial charge in [0.2, 0.25) is 23.1 Å². The van der Waals surface area contributed by atoms with Crippen LogP contribution < -0.4 is 16.4 Å². The molecule has 0 saturated carbocycles. The fourth-order valence-electron chi connectivity index (χ4n) is 3.49. The van der Waals surface area contributed by atoms with E-state index in [-0.39, 0.29) is 42.9 Å². The summed E-state index contributed by atoms with van der Waals surface area (Å²) in [5.74, 6) is -3.49. The van der Waals surface area contributed by atoms with E-state index in [1.807, 2.05) is 0 Å². The van der Waals surface area contributed by atoms with Gasteiger partial charge in [-0.05, 0) is 28.8 Å². The zero-order chi connectivity index (χ0) is 25.0. The van der Waals surface area contributed by atoms with Crippen LogP contribution in [-0.4, -0.2) is 94.1 Å². The van der Waals surface area contributed by atoms with Gasteiger partial charge in [-0.25, -0.2) is 9.48 Å². The van der Waals surface area contributed by atoms with Gasteiger partial charge in [0.1, 0.15) is 17.1 Å². The van der Waals surface area contributed by atoms with Crippen LogP contribution in [0.2, 0.25) is 0 Å². The zero-order valence-corrected chi connectivity index (χ0v) is 19.5. The molecular weight excluding hydrogens is 492 g/mol. The lowest BCUT2D eigenvalue weighted by Crippen LogP contribution is -2.85. The van der Waals surface area contributed by atoms with Crippen LogP contribution in [0.1, 0.15) is 19.3 Å². The second kappa shape index (κ2) is 10.4. The van der Waals surface area contributed by atoms with Crippen molar-refractivity contribution in [3.63, 3.8) is 0 Å². The average molecular weight is 515 g/mol. The predicted molar refractivity (Wildman–Crippen MR) is 117 cm³/mol. The number of hydrogen-bond acceptors (Lipinski definition) is 11. The molecule has 3 atom stereocenters. The predicted octanol–water partition coefficient (Wildman–Crippen LogP) is -2.30. The molecule has 2 aliphatic rings. The lowest BCUT2D eigenvalue weighted by atomic mass is 9.94. The number of β-lactam (4-membered cyclic amide) rings is 1. The van der Waals surface area contributed by atoms with Crippen molar-refractivity contribution < 1.29 is 34.2 Å². The fraction of sp³-hybridized carbons (Fsp3) is 0.529. The van der Waals surface area contributed by atoms with Crippen LogP contribution in [0.3, 0.4) is 0 Å². The zero-order valence-electron chi connectivity index (χ0n) is 17.8. The molecule has 0 spiro atoms. The van der Waals surface area contributed by atoms with Crippen molar-refractivity contribution in [1.82, 2.24) is 35.7 Å². The molecule has 15 nitrogen and oxygen atoms in total. The Balaban J connectivity index is 1.74. The number of carboxylic acid groups (broad SMARTS) is 2. The van der Waals surface area contributed by atoms with Crippen molar-refractivity contribution in [2.75, 3.05) is 11.5 Å². The quantitative estimate of drug-likeness (QED) is 0.0857. The number of carbonyl (C=O) groups is 5. The Labute approximate surface area is 200 Å². The highest BCUT2D eigenvalue weighted by molar-refractivity contribution is 8.01. The largest absolute Gasteiger partial charge is 0.480 e. The summed E-state index contributed by atoms with van der Waals surface area (Å²) in [5, 5.41) is 34.1. The number of fused-ring (bicyclic) bond motifs is 1. The van der Waals surface area contributed by atoms with Gasteiger partial charge in [0.25, 0.3) is 5.91 Å². The number of nitrogens with one attached hydrogen (secondary N) is 2. The number of carboxylic acids is 2. The standard InChI is InChI=1S/C17H22N8O7S2/c1-24-16(21-22-23-24)34-6-8-5-33-15-17(19-7-26,14(32)25(15)11(8)13(30)31)20-10(27)4-2-3-9(18)12(28)29/h7,9,15H,2-6,18H2,1H3,(H,19,26)(H,20,27)(H,28,29)(H,30,31)/t9?,15-,17?/m0/s1. The molecule has 1 aromatic heterocycles. The van der Waals surface area contributed by atoms with E-state index in [2.05, 4.69) is 26.2 Å². The minimum absolute atomic E-state index is 0.0447. The number of hydrogen-bond donors (Lipinski definition) is 5. The van der Waals surface area contributed by atoms with E-state index in [9.17, 15) is 29.1 Å². The van der Waals surface area contributed by atoms with E-state index in [1.54, 1.807) is 7.05 Å². The summed E-state index contributed by atoms with van der Waals surface area (Å²) in [7, 11) is 1.64. The van der Waals surface area contributed by atoms with Crippen molar-refractivity contribution in [2.45, 2.75) is 41.5 Å². The lowest BCUT2D eigenvalue weighted by molar-refractivity contribution is -0.162.